The van der Waals surface area contributed by atoms with Gasteiger partial charge in [-0.15, -0.1) is 0 Å². The van der Waals surface area contributed by atoms with E-state index in [1.807, 2.05) is 98.6 Å². The van der Waals surface area contributed by atoms with E-state index in [9.17, 15) is 19.2 Å². The molecule has 3 aromatic rings. The predicted octanol–water partition coefficient (Wildman–Crippen LogP) is 3.12. The first-order valence-corrected chi connectivity index (χ1v) is 17.8. The fourth-order valence-corrected chi connectivity index (χ4v) is 8.29. The van der Waals surface area contributed by atoms with Crippen molar-refractivity contribution in [1.29, 1.82) is 4.78 Å². The summed E-state index contributed by atoms with van der Waals surface area (Å²) in [4.78, 5) is 35.7. The third-order valence-corrected chi connectivity index (χ3v) is 10.2. The van der Waals surface area contributed by atoms with Gasteiger partial charge >= 0.3 is 0 Å². The maximum Gasteiger partial charge on any atom is 0.239 e. The van der Waals surface area contributed by atoms with Crippen LogP contribution in [-0.4, -0.2) is 85.2 Å². The minimum Gasteiger partial charge on any atom is -0.630 e. The highest BCUT2D eigenvalue weighted by Gasteiger charge is 2.39. The Morgan fingerprint density at radius 1 is 1.07 bits per heavy atom. The predicted molar refractivity (Wildman–Crippen MR) is 179 cm³/mol. The second kappa shape index (κ2) is 14.5. The van der Waals surface area contributed by atoms with Gasteiger partial charge in [0.2, 0.25) is 11.8 Å². The summed E-state index contributed by atoms with van der Waals surface area (Å²) in [6, 6.07) is 19.9. The van der Waals surface area contributed by atoms with Crippen molar-refractivity contribution >= 4 is 21.9 Å². The van der Waals surface area contributed by atoms with Crippen molar-refractivity contribution in [1.82, 2.24) is 25.4 Å². The molecular weight excluding hydrogens is 600 g/mol. The van der Waals surface area contributed by atoms with E-state index >= 15 is 0 Å². The van der Waals surface area contributed by atoms with Crippen LogP contribution in [0.4, 0.5) is 0 Å². The molecule has 1 saturated heterocycles. The molecular formula is C35H46N6O4S. The summed E-state index contributed by atoms with van der Waals surface area (Å²) in [7, 11) is -3.35. The zero-order valence-corrected chi connectivity index (χ0v) is 27.7. The third-order valence-electron chi connectivity index (χ3n) is 8.55. The minimum atomic E-state index is -3.35. The molecule has 46 heavy (non-hydrogen) atoms. The monoisotopic (exact) mass is 646 g/mol. The Labute approximate surface area is 273 Å². The quantitative estimate of drug-likeness (QED) is 0.234. The van der Waals surface area contributed by atoms with Crippen LogP contribution in [0.5, 0.6) is 0 Å². The van der Waals surface area contributed by atoms with E-state index in [2.05, 4.69) is 20.5 Å². The highest BCUT2D eigenvalue weighted by atomic mass is 32.3. The Morgan fingerprint density at radius 2 is 1.78 bits per heavy atom. The number of nitrogens with one attached hydrogen (secondary N) is 3. The Balaban J connectivity index is 1.33. The average Bonchev–Trinajstić information content (AvgIpc) is 3.32. The Morgan fingerprint density at radius 3 is 2.50 bits per heavy atom. The second-order valence-corrected chi connectivity index (χ2v) is 15.8. The van der Waals surface area contributed by atoms with Gasteiger partial charge in [0.1, 0.15) is 17.7 Å². The lowest BCUT2D eigenvalue weighted by Gasteiger charge is -2.42. The standard InChI is InChI=1S/C35H46N6O4S/c1-35(2,3)39-34(44)30-22-40(21-26-12-9-15-37-20-26)16-17-41(30)24-46(36,45)23-28(18-25-10-5-4-6-11-25)33(43)38-32-29-14-8-7-13-27(29)19-31(32)42/h4-15,20,28,30-32,42H,16-19,21-24H2,1-3H3,(H3-,36,38,39,43,44,45)/t28-,30+,31-,32+,46?/m0/s1. The number of aliphatic hydroxyl groups is 1. The average molecular weight is 647 g/mol. The number of pyridine rings is 1. The van der Waals surface area contributed by atoms with Crippen molar-refractivity contribution in [3.8, 4) is 0 Å². The van der Waals surface area contributed by atoms with Crippen LogP contribution in [0.15, 0.2) is 79.1 Å². The number of carbonyl (C=O) groups is 2. The number of piperazine rings is 1. The van der Waals surface area contributed by atoms with Crippen molar-refractivity contribution in [3.63, 3.8) is 0 Å². The van der Waals surface area contributed by atoms with E-state index in [-0.39, 0.29) is 23.4 Å². The normalized spacial score (nSPS) is 22.4. The zero-order valence-electron chi connectivity index (χ0n) is 26.9. The van der Waals surface area contributed by atoms with Crippen molar-refractivity contribution in [2.24, 2.45) is 5.92 Å². The number of amides is 2. The van der Waals surface area contributed by atoms with Crippen LogP contribution in [-0.2, 0) is 39.1 Å². The number of aliphatic hydroxyl groups excluding tert-OH is 1. The van der Waals surface area contributed by atoms with Crippen molar-refractivity contribution in [3.05, 3.63) is 101 Å². The van der Waals surface area contributed by atoms with Gasteiger partial charge in [0.25, 0.3) is 0 Å². The van der Waals surface area contributed by atoms with Gasteiger partial charge in [-0.25, -0.2) is 4.90 Å². The number of fused-ring (bicyclic) bond motifs is 1. The molecule has 2 amide bonds. The number of rotatable bonds is 11. The van der Waals surface area contributed by atoms with Crippen LogP contribution in [0.2, 0.25) is 0 Å². The fourth-order valence-electron chi connectivity index (χ4n) is 6.42. The molecule has 2 aliphatic rings. The highest BCUT2D eigenvalue weighted by molar-refractivity contribution is 7.98. The molecule has 1 aliphatic carbocycles. The Kier molecular flexibility index (Phi) is 10.7. The Bertz CT molecular complexity index is 1530. The third kappa shape index (κ3) is 9.07. The number of hydrogen-bond acceptors (Lipinski definition) is 8. The van der Waals surface area contributed by atoms with Crippen LogP contribution < -0.4 is 10.6 Å². The molecule has 4 N–H and O–H groups in total. The number of hydrogen-bond donors (Lipinski definition) is 4. The molecule has 2 aromatic carbocycles. The molecule has 5 atom stereocenters. The second-order valence-electron chi connectivity index (χ2n) is 13.6. The van der Waals surface area contributed by atoms with Gasteiger partial charge in [0.15, 0.2) is 0 Å². The summed E-state index contributed by atoms with van der Waals surface area (Å²) in [6.45, 7) is 7.91. The van der Waals surface area contributed by atoms with E-state index < -0.39 is 39.7 Å². The molecule has 10 nitrogen and oxygen atoms in total. The smallest absolute Gasteiger partial charge is 0.239 e. The molecule has 1 aromatic heterocycles. The number of benzene rings is 2. The summed E-state index contributed by atoms with van der Waals surface area (Å²) < 4.78 is 23.2. The highest BCUT2D eigenvalue weighted by Crippen LogP contribution is 2.32. The summed E-state index contributed by atoms with van der Waals surface area (Å²) in [5.74, 6) is -1.56. The van der Waals surface area contributed by atoms with Crippen molar-refractivity contribution in [2.45, 2.75) is 63.9 Å². The maximum absolute atomic E-state index is 14.1. The largest absolute Gasteiger partial charge is 0.630 e. The lowest BCUT2D eigenvalue weighted by Crippen LogP contribution is -2.62. The van der Waals surface area contributed by atoms with E-state index in [1.165, 1.54) is 0 Å². The van der Waals surface area contributed by atoms with Crippen molar-refractivity contribution in [2.75, 3.05) is 31.3 Å². The molecule has 0 saturated carbocycles. The fraction of sp³-hybridized carbons (Fsp3) is 0.457. The number of nitrogens with zero attached hydrogens (tertiary/aromatic N) is 3. The van der Waals surface area contributed by atoms with Crippen LogP contribution in [0.25, 0.3) is 0 Å². The summed E-state index contributed by atoms with van der Waals surface area (Å²) >= 11 is 0. The van der Waals surface area contributed by atoms with Gasteiger partial charge in [-0.05, 0) is 55.5 Å². The first kappa shape index (κ1) is 33.9. The maximum atomic E-state index is 14.1. The Hall–Kier alpha value is -3.48. The van der Waals surface area contributed by atoms with Crippen LogP contribution in [0, 0.1) is 10.7 Å². The molecule has 1 unspecified atom stereocenters. The lowest BCUT2D eigenvalue weighted by atomic mass is 9.99. The molecule has 246 valence electrons. The molecule has 5 rings (SSSR count). The molecule has 1 aliphatic heterocycles. The number of aromatic nitrogens is 1. The van der Waals surface area contributed by atoms with E-state index in [0.717, 1.165) is 22.3 Å². The summed E-state index contributed by atoms with van der Waals surface area (Å²) in [5.41, 5.74) is 3.35. The lowest BCUT2D eigenvalue weighted by molar-refractivity contribution is -0.130. The summed E-state index contributed by atoms with van der Waals surface area (Å²) in [6.07, 6.45) is 3.54. The topological polar surface area (TPSA) is 145 Å². The number of carbonyl (C=O) groups excluding carboxylic acids is 2. The van der Waals surface area contributed by atoms with Gasteiger partial charge in [-0.3, -0.25) is 19.5 Å². The van der Waals surface area contributed by atoms with Gasteiger partial charge in [-0.2, -0.15) is 4.78 Å². The van der Waals surface area contributed by atoms with Crippen LogP contribution >= 0.6 is 0 Å². The molecule has 0 radical (unpaired) electrons. The molecule has 1 fully saturated rings. The summed E-state index contributed by atoms with van der Waals surface area (Å²) in [5, 5.41) is 16.9. The molecule has 0 bridgehead atoms. The van der Waals surface area contributed by atoms with Crippen LogP contribution in [0.3, 0.4) is 0 Å². The van der Waals surface area contributed by atoms with E-state index in [4.69, 9.17) is 4.78 Å². The molecule has 2 heterocycles. The molecule has 0 spiro atoms. The van der Waals surface area contributed by atoms with E-state index in [1.54, 1.807) is 6.20 Å². The zero-order chi connectivity index (χ0) is 32.9. The van der Waals surface area contributed by atoms with Gasteiger partial charge in [0, 0.05) is 50.5 Å². The SMILES string of the molecule is CC(C)(C)NC(=O)[C@H]1CN(Cc2cccnc2)CCN1C[S+](=N)([O-])C[C@H](Cc1ccccc1)C(=O)N[C@@H]1c2ccccc2C[C@@H]1O. The molecule has 11 heteroatoms. The first-order valence-electron chi connectivity index (χ1n) is 15.9. The first-order chi connectivity index (χ1) is 21.9. The van der Waals surface area contributed by atoms with Gasteiger partial charge < -0.3 is 20.3 Å². The van der Waals surface area contributed by atoms with Crippen molar-refractivity contribution < 1.29 is 19.2 Å². The van der Waals surface area contributed by atoms with E-state index in [0.29, 0.717) is 39.0 Å². The van der Waals surface area contributed by atoms with Gasteiger partial charge in [-0.1, -0.05) is 70.8 Å². The minimum absolute atomic E-state index is 0.122. The van der Waals surface area contributed by atoms with Crippen LogP contribution in [0.1, 0.15) is 49.1 Å². The van der Waals surface area contributed by atoms with Gasteiger partial charge in [0.05, 0.1) is 18.1 Å².